The molecule has 38 heavy (non-hydrogen) atoms. The molecule has 0 unspecified atom stereocenters. The normalized spacial score (nSPS) is 11.0. The van der Waals surface area contributed by atoms with Gasteiger partial charge in [-0.05, 0) is 88.1 Å². The van der Waals surface area contributed by atoms with E-state index in [-0.39, 0.29) is 18.0 Å². The quantitative estimate of drug-likeness (QED) is 0.219. The Hall–Kier alpha value is -4.07. The summed E-state index contributed by atoms with van der Waals surface area (Å²) in [6.07, 6.45) is 0.582. The molecule has 0 saturated heterocycles. The molecule has 4 nitrogen and oxygen atoms in total. The first-order chi connectivity index (χ1) is 18.3. The molecule has 1 amide bonds. The molecule has 0 saturated carbocycles. The van der Waals surface area contributed by atoms with E-state index in [0.717, 1.165) is 38.9 Å². The Morgan fingerprint density at radius 3 is 2.24 bits per heavy atom. The molecule has 0 aliphatic heterocycles. The lowest BCUT2D eigenvalue weighted by Crippen LogP contribution is -2.23. The molecule has 0 radical (unpaired) electrons. The number of benzene rings is 4. The molecule has 1 aromatic heterocycles. The zero-order chi connectivity index (χ0) is 26.8. The van der Waals surface area contributed by atoms with E-state index >= 15 is 0 Å². The van der Waals surface area contributed by atoms with Gasteiger partial charge in [-0.15, -0.1) is 11.3 Å². The number of halogens is 3. The van der Waals surface area contributed by atoms with Crippen LogP contribution in [0, 0.1) is 11.6 Å². The molecule has 0 bridgehead atoms. The standard InChI is InChI=1S/C30H20ClF2NO3S/c31-23-8-3-17(4-9-23)11-22-16-38-27-14-21(20-7-10-25(32)26(33)13-20)12-24(28(22)27)29(35)34-15-18-1-5-19(6-2-18)30(36)37/h1-10,12-14,16H,11,15H2,(H,34,35)(H,36,37). The first kappa shape index (κ1) is 25.6. The van der Waals surface area contributed by atoms with E-state index in [4.69, 9.17) is 16.7 Å². The van der Waals surface area contributed by atoms with Crippen LogP contribution >= 0.6 is 22.9 Å². The molecule has 5 aromatic rings. The van der Waals surface area contributed by atoms with Gasteiger partial charge in [0.2, 0.25) is 0 Å². The molecule has 0 spiro atoms. The summed E-state index contributed by atoms with van der Waals surface area (Å²) >= 11 is 7.50. The number of carbonyl (C=O) groups is 2. The van der Waals surface area contributed by atoms with Crippen molar-refractivity contribution in [3.05, 3.63) is 129 Å². The van der Waals surface area contributed by atoms with Gasteiger partial charge in [0.25, 0.3) is 5.91 Å². The molecule has 190 valence electrons. The lowest BCUT2D eigenvalue weighted by molar-refractivity contribution is 0.0696. The summed E-state index contributed by atoms with van der Waals surface area (Å²) in [6, 6.07) is 21.0. The van der Waals surface area contributed by atoms with Crippen LogP contribution < -0.4 is 5.32 Å². The van der Waals surface area contributed by atoms with E-state index in [1.807, 2.05) is 35.7 Å². The third-order valence-corrected chi connectivity index (χ3v) is 7.44. The second kappa shape index (κ2) is 10.7. The van der Waals surface area contributed by atoms with Gasteiger partial charge in [-0.2, -0.15) is 0 Å². The molecule has 1 heterocycles. The van der Waals surface area contributed by atoms with Crippen molar-refractivity contribution in [2.45, 2.75) is 13.0 Å². The summed E-state index contributed by atoms with van der Waals surface area (Å²) in [7, 11) is 0. The van der Waals surface area contributed by atoms with Crippen molar-refractivity contribution in [2.24, 2.45) is 0 Å². The molecule has 2 N–H and O–H groups in total. The molecule has 0 aliphatic carbocycles. The smallest absolute Gasteiger partial charge is 0.335 e. The minimum absolute atomic E-state index is 0.158. The highest BCUT2D eigenvalue weighted by Crippen LogP contribution is 2.36. The Bertz CT molecular complexity index is 1660. The predicted octanol–water partition coefficient (Wildman–Crippen LogP) is 7.72. The van der Waals surface area contributed by atoms with Crippen LogP contribution in [0.4, 0.5) is 8.78 Å². The Labute approximate surface area is 226 Å². The zero-order valence-corrected chi connectivity index (χ0v) is 21.4. The maximum absolute atomic E-state index is 14.0. The number of amides is 1. The second-order valence-corrected chi connectivity index (χ2v) is 10.1. The molecule has 0 atom stereocenters. The Morgan fingerprint density at radius 1 is 0.842 bits per heavy atom. The first-order valence-electron chi connectivity index (χ1n) is 11.6. The molecule has 0 fully saturated rings. The molecular formula is C30H20ClF2NO3S. The lowest BCUT2D eigenvalue weighted by Gasteiger charge is -2.12. The number of nitrogens with one attached hydrogen (secondary N) is 1. The van der Waals surface area contributed by atoms with E-state index in [0.29, 0.717) is 28.1 Å². The lowest BCUT2D eigenvalue weighted by atomic mass is 9.96. The Kier molecular flexibility index (Phi) is 7.22. The van der Waals surface area contributed by atoms with Gasteiger partial charge in [0.05, 0.1) is 5.56 Å². The highest BCUT2D eigenvalue weighted by molar-refractivity contribution is 7.17. The first-order valence-corrected chi connectivity index (χ1v) is 12.9. The average Bonchev–Trinajstić information content (AvgIpc) is 3.32. The van der Waals surface area contributed by atoms with E-state index in [1.54, 1.807) is 18.2 Å². The minimum atomic E-state index is -1.03. The fourth-order valence-electron chi connectivity index (χ4n) is 4.25. The summed E-state index contributed by atoms with van der Waals surface area (Å²) in [4.78, 5) is 24.6. The maximum atomic E-state index is 14.0. The highest BCUT2D eigenvalue weighted by Gasteiger charge is 2.18. The van der Waals surface area contributed by atoms with Crippen LogP contribution in [0.25, 0.3) is 21.2 Å². The summed E-state index contributed by atoms with van der Waals surface area (Å²) in [5, 5.41) is 15.4. The van der Waals surface area contributed by atoms with Crippen LogP contribution in [0.2, 0.25) is 5.02 Å². The molecule has 5 rings (SSSR count). The molecule has 4 aromatic carbocycles. The number of hydrogen-bond acceptors (Lipinski definition) is 3. The second-order valence-electron chi connectivity index (χ2n) is 8.77. The summed E-state index contributed by atoms with van der Waals surface area (Å²) in [5.74, 6) is -3.27. The van der Waals surface area contributed by atoms with E-state index in [9.17, 15) is 18.4 Å². The monoisotopic (exact) mass is 547 g/mol. The topological polar surface area (TPSA) is 66.4 Å². The third-order valence-electron chi connectivity index (χ3n) is 6.21. The van der Waals surface area contributed by atoms with Gasteiger partial charge >= 0.3 is 5.97 Å². The van der Waals surface area contributed by atoms with Gasteiger partial charge in [0.15, 0.2) is 11.6 Å². The van der Waals surface area contributed by atoms with Gasteiger partial charge in [0, 0.05) is 27.2 Å². The largest absolute Gasteiger partial charge is 0.478 e. The SMILES string of the molecule is O=C(O)c1ccc(CNC(=O)c2cc(-c3ccc(F)c(F)c3)cc3scc(Cc4ccc(Cl)cc4)c23)cc1. The van der Waals surface area contributed by atoms with Crippen LogP contribution in [-0.4, -0.2) is 17.0 Å². The van der Waals surface area contributed by atoms with Crippen molar-refractivity contribution >= 4 is 44.9 Å². The van der Waals surface area contributed by atoms with Crippen molar-refractivity contribution in [3.8, 4) is 11.1 Å². The van der Waals surface area contributed by atoms with Gasteiger partial charge < -0.3 is 10.4 Å². The number of hydrogen-bond donors (Lipinski definition) is 2. The van der Waals surface area contributed by atoms with Crippen molar-refractivity contribution in [1.29, 1.82) is 0 Å². The number of carboxylic acids is 1. The zero-order valence-electron chi connectivity index (χ0n) is 19.8. The Morgan fingerprint density at radius 2 is 1.55 bits per heavy atom. The third kappa shape index (κ3) is 5.44. The van der Waals surface area contributed by atoms with E-state index in [2.05, 4.69) is 5.32 Å². The number of carbonyl (C=O) groups excluding carboxylic acids is 1. The van der Waals surface area contributed by atoms with Gasteiger partial charge in [-0.25, -0.2) is 13.6 Å². The van der Waals surface area contributed by atoms with Gasteiger partial charge in [0.1, 0.15) is 0 Å². The number of rotatable bonds is 7. The Balaban J connectivity index is 1.53. The summed E-state index contributed by atoms with van der Waals surface area (Å²) in [5.41, 5.74) is 4.34. The van der Waals surface area contributed by atoms with Crippen LogP contribution in [0.15, 0.2) is 84.2 Å². The number of fused-ring (bicyclic) bond motifs is 1. The fourth-order valence-corrected chi connectivity index (χ4v) is 5.40. The van der Waals surface area contributed by atoms with Crippen molar-refractivity contribution in [2.75, 3.05) is 0 Å². The number of carboxylic acid groups (broad SMARTS) is 1. The van der Waals surface area contributed by atoms with Crippen LogP contribution in [-0.2, 0) is 13.0 Å². The van der Waals surface area contributed by atoms with E-state index < -0.39 is 17.6 Å². The summed E-state index contributed by atoms with van der Waals surface area (Å²) < 4.78 is 28.4. The molecule has 0 aliphatic rings. The summed E-state index contributed by atoms with van der Waals surface area (Å²) in [6.45, 7) is 0.187. The van der Waals surface area contributed by atoms with Crippen LogP contribution in [0.1, 0.15) is 37.4 Å². The molecule has 8 heteroatoms. The predicted molar refractivity (Wildman–Crippen MR) is 146 cm³/mol. The van der Waals surface area contributed by atoms with Crippen molar-refractivity contribution in [1.82, 2.24) is 5.32 Å². The molecular weight excluding hydrogens is 528 g/mol. The fraction of sp³-hybridized carbons (Fsp3) is 0.0667. The number of aromatic carboxylic acids is 1. The highest BCUT2D eigenvalue weighted by atomic mass is 35.5. The van der Waals surface area contributed by atoms with Crippen LogP contribution in [0.5, 0.6) is 0 Å². The maximum Gasteiger partial charge on any atom is 0.335 e. The van der Waals surface area contributed by atoms with Crippen molar-refractivity contribution < 1.29 is 23.5 Å². The van der Waals surface area contributed by atoms with Gasteiger partial charge in [-0.1, -0.05) is 41.9 Å². The van der Waals surface area contributed by atoms with E-state index in [1.165, 1.54) is 29.5 Å². The van der Waals surface area contributed by atoms with Gasteiger partial charge in [-0.3, -0.25) is 4.79 Å². The number of thiophene rings is 1. The van der Waals surface area contributed by atoms with Crippen molar-refractivity contribution in [3.63, 3.8) is 0 Å². The average molecular weight is 548 g/mol. The minimum Gasteiger partial charge on any atom is -0.478 e. The van der Waals surface area contributed by atoms with Crippen LogP contribution in [0.3, 0.4) is 0 Å².